The second-order valence-corrected chi connectivity index (χ2v) is 5.85. The number of halogens is 2. The molecule has 0 atom stereocenters. The molecule has 3 aromatic carbocycles. The highest BCUT2D eigenvalue weighted by Gasteiger charge is 2.26. The molecule has 0 unspecified atom stereocenters. The van der Waals surface area contributed by atoms with Crippen LogP contribution in [0.4, 0.5) is 0 Å². The molecule has 6 heteroatoms. The molecule has 3 rings (SSSR count). The maximum Gasteiger partial charge on any atom is 0.191 e. The highest BCUT2D eigenvalue weighted by atomic mass is 35.5. The second-order valence-electron chi connectivity index (χ2n) is 5.09. The van der Waals surface area contributed by atoms with Gasteiger partial charge in [0.1, 0.15) is 33.7 Å². The van der Waals surface area contributed by atoms with E-state index < -0.39 is 0 Å². The number of hydrogen-bond donors (Lipinski definition) is 0. The SMILES string of the molecule is N#Cc1c(Cl)c(Oc2ccccc2)c(Oc2ccccc2)c(Cl)c1C#N. The van der Waals surface area contributed by atoms with Gasteiger partial charge in [-0.25, -0.2) is 0 Å². The monoisotopic (exact) mass is 380 g/mol. The minimum atomic E-state index is -0.0643. The molecule has 0 radical (unpaired) electrons. The summed E-state index contributed by atoms with van der Waals surface area (Å²) >= 11 is 12.7. The molecule has 0 saturated heterocycles. The molecule has 0 aliphatic carbocycles. The molecule has 3 aromatic rings. The molecule has 0 N–H and O–H groups in total. The van der Waals surface area contributed by atoms with Crippen molar-refractivity contribution in [2.24, 2.45) is 0 Å². The number of nitrogens with zero attached hydrogens (tertiary/aromatic N) is 2. The summed E-state index contributed by atoms with van der Waals surface area (Å²) in [5, 5.41) is 18.7. The number of hydrogen-bond acceptors (Lipinski definition) is 4. The van der Waals surface area contributed by atoms with Crippen LogP contribution in [0.5, 0.6) is 23.0 Å². The summed E-state index contributed by atoms with van der Waals surface area (Å²) in [6.45, 7) is 0. The van der Waals surface area contributed by atoms with Crippen LogP contribution in [0.3, 0.4) is 0 Å². The predicted molar refractivity (Wildman–Crippen MR) is 98.9 cm³/mol. The Morgan fingerprint density at radius 3 is 1.27 bits per heavy atom. The average Bonchev–Trinajstić information content (AvgIpc) is 2.68. The zero-order valence-corrected chi connectivity index (χ0v) is 14.8. The lowest BCUT2D eigenvalue weighted by atomic mass is 10.1. The molecular formula is C20H10Cl2N2O2. The highest BCUT2D eigenvalue weighted by Crippen LogP contribution is 2.48. The van der Waals surface area contributed by atoms with Crippen LogP contribution >= 0.6 is 23.2 Å². The molecule has 126 valence electrons. The van der Waals surface area contributed by atoms with E-state index >= 15 is 0 Å². The molecule has 0 heterocycles. The van der Waals surface area contributed by atoms with Gasteiger partial charge in [-0.3, -0.25) is 0 Å². The van der Waals surface area contributed by atoms with Crippen LogP contribution in [0, 0.1) is 22.7 Å². The van der Waals surface area contributed by atoms with Gasteiger partial charge in [0.2, 0.25) is 0 Å². The zero-order valence-electron chi connectivity index (χ0n) is 13.2. The zero-order chi connectivity index (χ0) is 18.5. The van der Waals surface area contributed by atoms with Crippen molar-refractivity contribution in [3.05, 3.63) is 81.8 Å². The Hall–Kier alpha value is -3.18. The van der Waals surface area contributed by atoms with Crippen LogP contribution < -0.4 is 9.47 Å². The van der Waals surface area contributed by atoms with Crippen molar-refractivity contribution in [3.63, 3.8) is 0 Å². The molecule has 0 fully saturated rings. The molecule has 4 nitrogen and oxygen atoms in total. The van der Waals surface area contributed by atoms with Crippen molar-refractivity contribution in [1.82, 2.24) is 0 Å². The van der Waals surface area contributed by atoms with E-state index in [0.29, 0.717) is 11.5 Å². The lowest BCUT2D eigenvalue weighted by Crippen LogP contribution is -1.98. The van der Waals surface area contributed by atoms with Crippen LogP contribution in [0.15, 0.2) is 60.7 Å². The first-order valence-corrected chi connectivity index (χ1v) is 8.22. The largest absolute Gasteiger partial charge is 0.452 e. The first kappa shape index (κ1) is 17.6. The van der Waals surface area contributed by atoms with Crippen LogP contribution in [-0.2, 0) is 0 Å². The normalized spacial score (nSPS) is 9.85. The molecule has 0 saturated carbocycles. The third-order valence-corrected chi connectivity index (χ3v) is 4.17. The van der Waals surface area contributed by atoms with Crippen LogP contribution in [0.1, 0.15) is 11.1 Å². The Morgan fingerprint density at radius 2 is 0.962 bits per heavy atom. The summed E-state index contributed by atoms with van der Waals surface area (Å²) in [5.74, 6) is 1.11. The Bertz CT molecular complexity index is 939. The van der Waals surface area contributed by atoms with Crippen molar-refractivity contribution in [1.29, 1.82) is 10.5 Å². The maximum absolute atomic E-state index is 9.39. The molecule has 0 spiro atoms. The van der Waals surface area contributed by atoms with Gasteiger partial charge in [0.15, 0.2) is 11.5 Å². The number of nitriles is 2. The maximum atomic E-state index is 9.39. The number of benzene rings is 3. The van der Waals surface area contributed by atoms with Gasteiger partial charge in [0.05, 0.1) is 11.1 Å². The quantitative estimate of drug-likeness (QED) is 0.530. The molecular weight excluding hydrogens is 371 g/mol. The Balaban J connectivity index is 2.21. The Labute approximate surface area is 160 Å². The molecule has 0 aliphatic heterocycles. The summed E-state index contributed by atoms with van der Waals surface area (Å²) in [6.07, 6.45) is 0. The van der Waals surface area contributed by atoms with Gasteiger partial charge in [-0.1, -0.05) is 59.6 Å². The van der Waals surface area contributed by atoms with Crippen LogP contribution in [0.2, 0.25) is 10.0 Å². The minimum absolute atomic E-state index is 0.0387. The Kier molecular flexibility index (Phi) is 5.29. The number of para-hydroxylation sites is 2. The summed E-state index contributed by atoms with van der Waals surface area (Å²) in [4.78, 5) is 0. The van der Waals surface area contributed by atoms with Gasteiger partial charge in [0, 0.05) is 0 Å². The fourth-order valence-electron chi connectivity index (χ4n) is 2.25. The second kappa shape index (κ2) is 7.80. The van der Waals surface area contributed by atoms with Gasteiger partial charge < -0.3 is 9.47 Å². The average molecular weight is 381 g/mol. The van der Waals surface area contributed by atoms with Crippen molar-refractivity contribution in [3.8, 4) is 35.1 Å². The van der Waals surface area contributed by atoms with E-state index in [1.165, 1.54) is 0 Å². The van der Waals surface area contributed by atoms with Gasteiger partial charge in [0.25, 0.3) is 0 Å². The first-order chi connectivity index (χ1) is 12.7. The lowest BCUT2D eigenvalue weighted by Gasteiger charge is -2.17. The van der Waals surface area contributed by atoms with E-state index in [1.54, 1.807) is 48.5 Å². The van der Waals surface area contributed by atoms with Crippen LogP contribution in [-0.4, -0.2) is 0 Å². The molecule has 0 bridgehead atoms. The Morgan fingerprint density at radius 1 is 0.615 bits per heavy atom. The minimum Gasteiger partial charge on any atom is -0.452 e. The van der Waals surface area contributed by atoms with Gasteiger partial charge in [-0.05, 0) is 24.3 Å². The van der Waals surface area contributed by atoms with Crippen molar-refractivity contribution < 1.29 is 9.47 Å². The van der Waals surface area contributed by atoms with Gasteiger partial charge >= 0.3 is 0 Å². The lowest BCUT2D eigenvalue weighted by molar-refractivity contribution is 0.419. The molecule has 0 amide bonds. The summed E-state index contributed by atoms with van der Waals surface area (Å²) < 4.78 is 11.7. The first-order valence-electron chi connectivity index (χ1n) is 7.46. The third-order valence-electron chi connectivity index (χ3n) is 3.44. The number of ether oxygens (including phenoxy) is 2. The molecule has 0 aromatic heterocycles. The fraction of sp³-hybridized carbons (Fsp3) is 0. The van der Waals surface area contributed by atoms with Gasteiger partial charge in [-0.15, -0.1) is 0 Å². The van der Waals surface area contributed by atoms with Crippen molar-refractivity contribution in [2.75, 3.05) is 0 Å². The van der Waals surface area contributed by atoms with Crippen molar-refractivity contribution in [2.45, 2.75) is 0 Å². The van der Waals surface area contributed by atoms with E-state index in [-0.39, 0.29) is 32.7 Å². The van der Waals surface area contributed by atoms with E-state index in [9.17, 15) is 10.5 Å². The van der Waals surface area contributed by atoms with Crippen molar-refractivity contribution >= 4 is 23.2 Å². The summed E-state index contributed by atoms with van der Waals surface area (Å²) in [5.41, 5.74) is -0.129. The molecule has 0 aliphatic rings. The summed E-state index contributed by atoms with van der Waals surface area (Å²) in [6, 6.07) is 21.5. The third kappa shape index (κ3) is 3.43. The topological polar surface area (TPSA) is 66.0 Å². The highest BCUT2D eigenvalue weighted by molar-refractivity contribution is 6.37. The fourth-order valence-corrected chi connectivity index (χ4v) is 2.77. The number of rotatable bonds is 4. The van der Waals surface area contributed by atoms with E-state index in [2.05, 4.69) is 0 Å². The predicted octanol–water partition coefficient (Wildman–Crippen LogP) is 6.32. The standard InChI is InChI=1S/C20H10Cl2N2O2/c21-17-15(11-23)16(12-24)18(22)20(26-14-9-5-2-6-10-14)19(17)25-13-7-3-1-4-8-13/h1-10H. The van der Waals surface area contributed by atoms with E-state index in [0.717, 1.165) is 0 Å². The smallest absolute Gasteiger partial charge is 0.191 e. The van der Waals surface area contributed by atoms with E-state index in [1.807, 2.05) is 24.3 Å². The van der Waals surface area contributed by atoms with E-state index in [4.69, 9.17) is 32.7 Å². The molecule has 26 heavy (non-hydrogen) atoms. The van der Waals surface area contributed by atoms with Crippen LogP contribution in [0.25, 0.3) is 0 Å². The summed E-state index contributed by atoms with van der Waals surface area (Å²) in [7, 11) is 0. The van der Waals surface area contributed by atoms with Gasteiger partial charge in [-0.2, -0.15) is 10.5 Å².